The summed E-state index contributed by atoms with van der Waals surface area (Å²) < 4.78 is 13.2. The van der Waals surface area contributed by atoms with E-state index in [1.54, 1.807) is 23.8 Å². The van der Waals surface area contributed by atoms with Crippen molar-refractivity contribution in [3.63, 3.8) is 0 Å². The molecule has 6 nitrogen and oxygen atoms in total. The van der Waals surface area contributed by atoms with Gasteiger partial charge >= 0.3 is 0 Å². The fourth-order valence-corrected chi connectivity index (χ4v) is 3.87. The Labute approximate surface area is 149 Å². The van der Waals surface area contributed by atoms with Gasteiger partial charge in [0, 0.05) is 18.4 Å². The van der Waals surface area contributed by atoms with Gasteiger partial charge in [-0.05, 0) is 37.2 Å². The average Bonchev–Trinajstić information content (AvgIpc) is 3.18. The van der Waals surface area contributed by atoms with Gasteiger partial charge < -0.3 is 25.1 Å². The smallest absolute Gasteiger partial charge is 0.269 e. The zero-order chi connectivity index (χ0) is 17.1. The number of rotatable bonds is 5. The summed E-state index contributed by atoms with van der Waals surface area (Å²) in [7, 11) is 1.58. The fraction of sp³-hybridized carbons (Fsp3) is 0.375. The van der Waals surface area contributed by atoms with Crippen LogP contribution in [0.1, 0.15) is 22.5 Å². The van der Waals surface area contributed by atoms with E-state index in [0.717, 1.165) is 19.4 Å². The first kappa shape index (κ1) is 16.9. The van der Waals surface area contributed by atoms with Crippen molar-refractivity contribution in [1.29, 1.82) is 0 Å². The molecule has 0 unspecified atom stereocenters. The number of aromatic nitrogens is 1. The van der Waals surface area contributed by atoms with E-state index < -0.39 is 0 Å². The summed E-state index contributed by atoms with van der Waals surface area (Å²) >= 11 is 6.58. The number of hydrogen-bond acceptors (Lipinski definition) is 6. The van der Waals surface area contributed by atoms with Crippen LogP contribution in [0.4, 0.5) is 11.5 Å². The molecule has 0 radical (unpaired) electrons. The Morgan fingerprint density at radius 2 is 2.42 bits per heavy atom. The third kappa shape index (κ3) is 3.61. The Hall–Kier alpha value is -1.90. The van der Waals surface area contributed by atoms with Crippen molar-refractivity contribution in [2.75, 3.05) is 24.8 Å². The number of carbonyl (C=O) groups is 1. The zero-order valence-electron chi connectivity index (χ0n) is 13.3. The lowest BCUT2D eigenvalue weighted by molar-refractivity contribution is 0.0970. The summed E-state index contributed by atoms with van der Waals surface area (Å²) in [6.07, 6.45) is 2.15. The number of nitrogens with one attached hydrogen (secondary N) is 1. The Morgan fingerprint density at radius 3 is 3.12 bits per heavy atom. The van der Waals surface area contributed by atoms with Gasteiger partial charge in [0.15, 0.2) is 3.95 Å². The number of nitrogen functional groups attached to an aromatic ring is 1. The second kappa shape index (κ2) is 7.33. The molecule has 0 bridgehead atoms. The third-order valence-corrected chi connectivity index (χ3v) is 5.34. The molecule has 24 heavy (non-hydrogen) atoms. The summed E-state index contributed by atoms with van der Waals surface area (Å²) in [6, 6.07) is 7.16. The maximum Gasteiger partial charge on any atom is 0.269 e. The Bertz CT molecular complexity index is 794. The number of nitrogens with zero attached hydrogens (tertiary/aromatic N) is 1. The predicted molar refractivity (Wildman–Crippen MR) is 97.5 cm³/mol. The van der Waals surface area contributed by atoms with E-state index in [4.69, 9.17) is 27.4 Å². The van der Waals surface area contributed by atoms with E-state index in [-0.39, 0.29) is 12.0 Å². The van der Waals surface area contributed by atoms with Gasteiger partial charge in [0.2, 0.25) is 0 Å². The molecule has 1 fully saturated rings. The molecular weight excluding hydrogens is 346 g/mol. The fourth-order valence-electron chi connectivity index (χ4n) is 2.63. The summed E-state index contributed by atoms with van der Waals surface area (Å²) in [6.45, 7) is 1.36. The van der Waals surface area contributed by atoms with Gasteiger partial charge in [-0.15, -0.1) is 0 Å². The van der Waals surface area contributed by atoms with E-state index >= 15 is 0 Å². The summed E-state index contributed by atoms with van der Waals surface area (Å²) in [4.78, 5) is 12.9. The van der Waals surface area contributed by atoms with Gasteiger partial charge in [-0.1, -0.05) is 17.4 Å². The Kier molecular flexibility index (Phi) is 5.17. The van der Waals surface area contributed by atoms with Crippen LogP contribution in [0.5, 0.6) is 5.75 Å². The number of anilines is 2. The molecular formula is C16H19N3O3S2. The van der Waals surface area contributed by atoms with E-state index in [1.165, 1.54) is 11.3 Å². The largest absolute Gasteiger partial charge is 0.497 e. The number of hydrogen-bond donors (Lipinski definition) is 2. The molecule has 1 aromatic heterocycles. The van der Waals surface area contributed by atoms with Crippen LogP contribution in [0.2, 0.25) is 0 Å². The van der Waals surface area contributed by atoms with Crippen LogP contribution in [-0.2, 0) is 11.3 Å². The number of amides is 1. The number of methoxy groups -OCH3 is 1. The molecule has 128 valence electrons. The highest BCUT2D eigenvalue weighted by atomic mass is 32.1. The number of ether oxygens (including phenoxy) is 2. The van der Waals surface area contributed by atoms with E-state index in [0.29, 0.717) is 32.6 Å². The minimum Gasteiger partial charge on any atom is -0.497 e. The first-order valence-electron chi connectivity index (χ1n) is 7.64. The van der Waals surface area contributed by atoms with Gasteiger partial charge in [-0.25, -0.2) is 0 Å². The van der Waals surface area contributed by atoms with Crippen LogP contribution in [0.15, 0.2) is 24.3 Å². The molecule has 1 amide bonds. The van der Waals surface area contributed by atoms with Crippen LogP contribution in [0.25, 0.3) is 0 Å². The van der Waals surface area contributed by atoms with Gasteiger partial charge in [-0.3, -0.25) is 4.79 Å². The topological polar surface area (TPSA) is 78.5 Å². The minimum absolute atomic E-state index is 0.114. The van der Waals surface area contributed by atoms with Crippen molar-refractivity contribution < 1.29 is 14.3 Å². The Morgan fingerprint density at radius 1 is 1.58 bits per heavy atom. The van der Waals surface area contributed by atoms with Crippen LogP contribution < -0.4 is 15.8 Å². The van der Waals surface area contributed by atoms with Crippen molar-refractivity contribution in [3.8, 4) is 5.75 Å². The third-order valence-electron chi connectivity index (χ3n) is 3.88. The number of thiazole rings is 1. The molecule has 1 aliphatic rings. The van der Waals surface area contributed by atoms with Crippen molar-refractivity contribution in [2.24, 2.45) is 0 Å². The summed E-state index contributed by atoms with van der Waals surface area (Å²) in [5, 5.41) is 2.83. The molecule has 3 rings (SSSR count). The summed E-state index contributed by atoms with van der Waals surface area (Å²) in [5.74, 6) is 0.785. The highest BCUT2D eigenvalue weighted by Gasteiger charge is 2.22. The van der Waals surface area contributed by atoms with E-state index in [2.05, 4.69) is 5.32 Å². The molecule has 3 N–H and O–H groups in total. The molecule has 1 saturated heterocycles. The lowest BCUT2D eigenvalue weighted by Gasteiger charge is -2.12. The van der Waals surface area contributed by atoms with Gasteiger partial charge in [-0.2, -0.15) is 0 Å². The lowest BCUT2D eigenvalue weighted by Crippen LogP contribution is -2.18. The number of carbonyl (C=O) groups excluding carboxylic acids is 1. The molecule has 0 saturated carbocycles. The highest BCUT2D eigenvalue weighted by molar-refractivity contribution is 7.73. The molecule has 0 spiro atoms. The van der Waals surface area contributed by atoms with Crippen molar-refractivity contribution in [2.45, 2.75) is 25.5 Å². The molecule has 2 heterocycles. The average molecular weight is 365 g/mol. The monoisotopic (exact) mass is 365 g/mol. The van der Waals surface area contributed by atoms with E-state index in [9.17, 15) is 4.79 Å². The molecule has 1 aliphatic heterocycles. The van der Waals surface area contributed by atoms with Gasteiger partial charge in [0.25, 0.3) is 5.91 Å². The lowest BCUT2D eigenvalue weighted by atomic mass is 10.2. The second-order valence-corrected chi connectivity index (χ2v) is 7.16. The zero-order valence-corrected chi connectivity index (χ0v) is 14.9. The maximum absolute atomic E-state index is 12.5. The van der Waals surface area contributed by atoms with Gasteiger partial charge in [0.1, 0.15) is 16.4 Å². The first-order valence-corrected chi connectivity index (χ1v) is 8.87. The van der Waals surface area contributed by atoms with Gasteiger partial charge in [0.05, 0.1) is 19.8 Å². The number of nitrogens with two attached hydrogens (primary N) is 1. The van der Waals surface area contributed by atoms with E-state index in [1.807, 2.05) is 12.1 Å². The molecule has 0 aliphatic carbocycles. The quantitative estimate of drug-likeness (QED) is 0.795. The van der Waals surface area contributed by atoms with Crippen LogP contribution in [0.3, 0.4) is 0 Å². The molecule has 8 heteroatoms. The normalized spacial score (nSPS) is 17.0. The first-order chi connectivity index (χ1) is 11.6. The summed E-state index contributed by atoms with van der Waals surface area (Å²) in [5.41, 5.74) is 6.80. The van der Waals surface area contributed by atoms with Crippen LogP contribution in [-0.4, -0.2) is 30.3 Å². The van der Waals surface area contributed by atoms with Crippen LogP contribution >= 0.6 is 23.6 Å². The molecule has 2 aromatic rings. The minimum atomic E-state index is -0.275. The second-order valence-electron chi connectivity index (χ2n) is 5.51. The molecule has 1 atom stereocenters. The van der Waals surface area contributed by atoms with Crippen molar-refractivity contribution in [1.82, 2.24) is 4.57 Å². The predicted octanol–water partition coefficient (Wildman–Crippen LogP) is 3.30. The maximum atomic E-state index is 12.5. The van der Waals surface area contributed by atoms with Crippen LogP contribution in [0, 0.1) is 3.95 Å². The Balaban J connectivity index is 1.78. The van der Waals surface area contributed by atoms with Crippen molar-refractivity contribution >= 4 is 41.0 Å². The SMILES string of the molecule is COc1cccc(NC(=O)c2sc(=S)n(C[C@@H]3CCCO3)c2N)c1. The number of benzene rings is 1. The van der Waals surface area contributed by atoms with Crippen molar-refractivity contribution in [3.05, 3.63) is 33.1 Å². The molecule has 1 aromatic carbocycles. The standard InChI is InChI=1S/C16H19N3O3S2/c1-21-11-5-2-4-10(8-11)18-15(20)13-14(17)19(16(23)24-13)9-12-6-3-7-22-12/h2,4-5,8,12H,3,6-7,9,17H2,1H3,(H,18,20)/t12-/m0/s1. The highest BCUT2D eigenvalue weighted by Crippen LogP contribution is 2.26.